The number of rotatable bonds is 4. The fourth-order valence-electron chi connectivity index (χ4n) is 2.05. The van der Waals surface area contributed by atoms with Crippen LogP contribution in [0, 0.1) is 17.7 Å². The molecule has 1 aliphatic carbocycles. The standard InChI is InChI=1S/C13H16BrFO/c1-8(9-2-3-9)13(16)7-10-6-11(14)4-5-12(10)15/h4-6,8-9,13,16H,2-3,7H2,1H3. The van der Waals surface area contributed by atoms with Gasteiger partial charge in [-0.2, -0.15) is 0 Å². The van der Waals surface area contributed by atoms with E-state index >= 15 is 0 Å². The maximum atomic E-state index is 13.5. The highest BCUT2D eigenvalue weighted by atomic mass is 79.9. The number of benzene rings is 1. The Morgan fingerprint density at radius 2 is 2.19 bits per heavy atom. The second kappa shape index (κ2) is 4.84. The van der Waals surface area contributed by atoms with Crippen LogP contribution in [-0.4, -0.2) is 11.2 Å². The summed E-state index contributed by atoms with van der Waals surface area (Å²) in [5, 5.41) is 10.0. The molecule has 0 aromatic heterocycles. The summed E-state index contributed by atoms with van der Waals surface area (Å²) >= 11 is 3.32. The summed E-state index contributed by atoms with van der Waals surface area (Å²) in [5.74, 6) is 0.689. The molecule has 0 aliphatic heterocycles. The minimum absolute atomic E-state index is 0.231. The van der Waals surface area contributed by atoms with Crippen molar-refractivity contribution in [2.75, 3.05) is 0 Å². The molecule has 16 heavy (non-hydrogen) atoms. The lowest BCUT2D eigenvalue weighted by molar-refractivity contribution is 0.104. The van der Waals surface area contributed by atoms with Crippen LogP contribution in [0.5, 0.6) is 0 Å². The van der Waals surface area contributed by atoms with Crippen molar-refractivity contribution in [2.24, 2.45) is 11.8 Å². The van der Waals surface area contributed by atoms with E-state index in [-0.39, 0.29) is 11.7 Å². The van der Waals surface area contributed by atoms with Gasteiger partial charge in [0.05, 0.1) is 6.10 Å². The average Bonchev–Trinajstić information content (AvgIpc) is 3.06. The molecule has 0 saturated heterocycles. The zero-order chi connectivity index (χ0) is 11.7. The number of hydrogen-bond donors (Lipinski definition) is 1. The van der Waals surface area contributed by atoms with Crippen molar-refractivity contribution < 1.29 is 9.50 Å². The normalized spacial score (nSPS) is 19.5. The highest BCUT2D eigenvalue weighted by Gasteiger charge is 2.32. The number of aliphatic hydroxyl groups is 1. The van der Waals surface area contributed by atoms with Crippen LogP contribution in [0.15, 0.2) is 22.7 Å². The second-order valence-electron chi connectivity index (χ2n) is 4.70. The van der Waals surface area contributed by atoms with Gasteiger partial charge >= 0.3 is 0 Å². The van der Waals surface area contributed by atoms with Crippen molar-refractivity contribution in [1.29, 1.82) is 0 Å². The maximum absolute atomic E-state index is 13.5. The zero-order valence-electron chi connectivity index (χ0n) is 9.29. The summed E-state index contributed by atoms with van der Waals surface area (Å²) in [6.07, 6.45) is 2.39. The van der Waals surface area contributed by atoms with E-state index in [1.54, 1.807) is 12.1 Å². The Bertz CT molecular complexity index is 376. The topological polar surface area (TPSA) is 20.2 Å². The van der Waals surface area contributed by atoms with Gasteiger partial charge in [-0.25, -0.2) is 4.39 Å². The van der Waals surface area contributed by atoms with Gasteiger partial charge < -0.3 is 5.11 Å². The lowest BCUT2D eigenvalue weighted by atomic mass is 9.93. The maximum Gasteiger partial charge on any atom is 0.126 e. The molecule has 1 aliphatic rings. The molecule has 0 amide bonds. The molecule has 2 unspecified atom stereocenters. The van der Waals surface area contributed by atoms with Gasteiger partial charge in [0.1, 0.15) is 5.82 Å². The fraction of sp³-hybridized carbons (Fsp3) is 0.538. The van der Waals surface area contributed by atoms with Crippen LogP contribution in [0.2, 0.25) is 0 Å². The highest BCUT2D eigenvalue weighted by Crippen LogP contribution is 2.38. The molecule has 1 saturated carbocycles. The van der Waals surface area contributed by atoms with Gasteiger partial charge in [-0.1, -0.05) is 22.9 Å². The molecular weight excluding hydrogens is 271 g/mol. The molecule has 0 heterocycles. The predicted molar refractivity (Wildman–Crippen MR) is 65.7 cm³/mol. The number of halogens is 2. The molecule has 3 heteroatoms. The third-order valence-corrected chi connectivity index (χ3v) is 3.90. The van der Waals surface area contributed by atoms with Gasteiger partial charge in [0.2, 0.25) is 0 Å². The largest absolute Gasteiger partial charge is 0.392 e. The van der Waals surface area contributed by atoms with Gasteiger partial charge in [-0.15, -0.1) is 0 Å². The van der Waals surface area contributed by atoms with E-state index in [1.807, 2.05) is 0 Å². The first-order chi connectivity index (χ1) is 7.58. The monoisotopic (exact) mass is 286 g/mol. The quantitative estimate of drug-likeness (QED) is 0.898. The van der Waals surface area contributed by atoms with E-state index < -0.39 is 6.10 Å². The molecule has 2 rings (SSSR count). The molecule has 0 radical (unpaired) electrons. The first-order valence-corrected chi connectivity index (χ1v) is 6.49. The summed E-state index contributed by atoms with van der Waals surface area (Å²) in [4.78, 5) is 0. The Kier molecular flexibility index (Phi) is 3.65. The molecule has 1 aromatic rings. The number of hydrogen-bond acceptors (Lipinski definition) is 1. The van der Waals surface area contributed by atoms with Crippen LogP contribution in [0.3, 0.4) is 0 Å². The van der Waals surface area contributed by atoms with Gasteiger partial charge in [0.15, 0.2) is 0 Å². The Hall–Kier alpha value is -0.410. The number of aliphatic hydroxyl groups excluding tert-OH is 1. The zero-order valence-corrected chi connectivity index (χ0v) is 10.9. The van der Waals surface area contributed by atoms with Gasteiger partial charge in [0, 0.05) is 10.9 Å². The molecule has 0 spiro atoms. The van der Waals surface area contributed by atoms with Crippen LogP contribution >= 0.6 is 15.9 Å². The second-order valence-corrected chi connectivity index (χ2v) is 5.62. The molecule has 1 fully saturated rings. The van der Waals surface area contributed by atoms with Crippen molar-refractivity contribution in [3.8, 4) is 0 Å². The summed E-state index contributed by atoms with van der Waals surface area (Å²) in [7, 11) is 0. The average molecular weight is 287 g/mol. The van der Waals surface area contributed by atoms with Crippen LogP contribution in [-0.2, 0) is 6.42 Å². The van der Waals surface area contributed by atoms with Crippen LogP contribution < -0.4 is 0 Å². The van der Waals surface area contributed by atoms with Crippen molar-refractivity contribution in [1.82, 2.24) is 0 Å². The first kappa shape index (κ1) is 12.1. The summed E-state index contributed by atoms with van der Waals surface area (Å²) < 4.78 is 14.3. The smallest absolute Gasteiger partial charge is 0.126 e. The van der Waals surface area contributed by atoms with Crippen molar-refractivity contribution in [3.63, 3.8) is 0 Å². The van der Waals surface area contributed by atoms with Gasteiger partial charge in [0.25, 0.3) is 0 Å². The molecule has 1 N–H and O–H groups in total. The van der Waals surface area contributed by atoms with Gasteiger partial charge in [-0.3, -0.25) is 0 Å². The van der Waals surface area contributed by atoms with E-state index in [2.05, 4.69) is 22.9 Å². The fourth-order valence-corrected chi connectivity index (χ4v) is 2.46. The molecule has 0 bridgehead atoms. The molecule has 88 valence electrons. The summed E-state index contributed by atoms with van der Waals surface area (Å²) in [5.41, 5.74) is 0.592. The van der Waals surface area contributed by atoms with E-state index in [9.17, 15) is 9.50 Å². The van der Waals surface area contributed by atoms with Gasteiger partial charge in [-0.05, 0) is 48.4 Å². The lowest BCUT2D eigenvalue weighted by Crippen LogP contribution is -2.22. The van der Waals surface area contributed by atoms with Crippen LogP contribution in [0.1, 0.15) is 25.3 Å². The van der Waals surface area contributed by atoms with Crippen LogP contribution in [0.4, 0.5) is 4.39 Å². The summed E-state index contributed by atoms with van der Waals surface area (Å²) in [6, 6.07) is 4.86. The third-order valence-electron chi connectivity index (χ3n) is 3.41. The summed E-state index contributed by atoms with van der Waals surface area (Å²) in [6.45, 7) is 2.05. The van der Waals surface area contributed by atoms with Crippen molar-refractivity contribution in [2.45, 2.75) is 32.3 Å². The molecule has 1 nitrogen and oxygen atoms in total. The Morgan fingerprint density at radius 3 is 2.81 bits per heavy atom. The Morgan fingerprint density at radius 1 is 1.50 bits per heavy atom. The minimum atomic E-state index is -0.434. The Balaban J connectivity index is 2.04. The minimum Gasteiger partial charge on any atom is -0.392 e. The third kappa shape index (κ3) is 2.83. The van der Waals surface area contributed by atoms with E-state index in [1.165, 1.54) is 18.9 Å². The van der Waals surface area contributed by atoms with Crippen molar-refractivity contribution >= 4 is 15.9 Å². The predicted octanol–water partition coefficient (Wildman–Crippen LogP) is 3.54. The molecule has 1 aromatic carbocycles. The first-order valence-electron chi connectivity index (χ1n) is 5.70. The molecule has 2 atom stereocenters. The lowest BCUT2D eigenvalue weighted by Gasteiger charge is -2.18. The van der Waals surface area contributed by atoms with Crippen molar-refractivity contribution in [3.05, 3.63) is 34.1 Å². The SMILES string of the molecule is CC(C(O)Cc1cc(Br)ccc1F)C1CC1. The van der Waals surface area contributed by atoms with E-state index in [4.69, 9.17) is 0 Å². The van der Waals surface area contributed by atoms with Crippen LogP contribution in [0.25, 0.3) is 0 Å². The highest BCUT2D eigenvalue weighted by molar-refractivity contribution is 9.10. The Labute approximate surface area is 104 Å². The van der Waals surface area contributed by atoms with E-state index in [0.29, 0.717) is 17.9 Å². The van der Waals surface area contributed by atoms with E-state index in [0.717, 1.165) is 4.47 Å². The molecular formula is C13H16BrFO.